The standard InChI is InChI=1S/C13H20N4O/c1-2-17-8-5-11(15-17)13(18)14-12-9-16-6-3-10(12)4-7-16/h5,8,10,12H,2-4,6-7,9H2,1H3,(H,14,18). The molecule has 0 radical (unpaired) electrons. The Kier molecular flexibility index (Phi) is 3.07. The summed E-state index contributed by atoms with van der Waals surface area (Å²) in [7, 11) is 0. The third-order valence-corrected chi connectivity index (χ3v) is 4.17. The van der Waals surface area contributed by atoms with Crippen LogP contribution >= 0.6 is 0 Å². The third kappa shape index (κ3) is 2.14. The Hall–Kier alpha value is -1.36. The Morgan fingerprint density at radius 2 is 2.28 bits per heavy atom. The first-order valence-electron chi connectivity index (χ1n) is 6.83. The molecule has 1 aromatic rings. The van der Waals surface area contributed by atoms with E-state index in [-0.39, 0.29) is 5.91 Å². The average Bonchev–Trinajstić information content (AvgIpc) is 2.89. The van der Waals surface area contributed by atoms with Gasteiger partial charge < -0.3 is 10.2 Å². The molecule has 3 aliphatic rings. The van der Waals surface area contributed by atoms with Crippen molar-refractivity contribution in [2.45, 2.75) is 32.4 Å². The van der Waals surface area contributed by atoms with Crippen LogP contribution in [0.15, 0.2) is 12.3 Å². The topological polar surface area (TPSA) is 50.2 Å². The molecular weight excluding hydrogens is 228 g/mol. The van der Waals surface area contributed by atoms with Gasteiger partial charge in [-0.25, -0.2) is 0 Å². The molecule has 3 aliphatic heterocycles. The second kappa shape index (κ2) is 4.72. The number of aromatic nitrogens is 2. The van der Waals surface area contributed by atoms with Gasteiger partial charge in [0.05, 0.1) is 0 Å². The van der Waals surface area contributed by atoms with Gasteiger partial charge in [-0.05, 0) is 44.8 Å². The van der Waals surface area contributed by atoms with E-state index in [0.717, 1.165) is 13.1 Å². The molecule has 4 rings (SSSR count). The highest BCUT2D eigenvalue weighted by Gasteiger charge is 2.35. The van der Waals surface area contributed by atoms with Crippen LogP contribution in [0.25, 0.3) is 0 Å². The smallest absolute Gasteiger partial charge is 0.272 e. The fraction of sp³-hybridized carbons (Fsp3) is 0.692. The van der Waals surface area contributed by atoms with Crippen LogP contribution in [-0.2, 0) is 6.54 Å². The fourth-order valence-electron chi connectivity index (χ4n) is 3.03. The summed E-state index contributed by atoms with van der Waals surface area (Å²) in [5.41, 5.74) is 0.535. The normalized spacial score (nSPS) is 30.4. The monoisotopic (exact) mass is 248 g/mol. The predicted molar refractivity (Wildman–Crippen MR) is 68.3 cm³/mol. The molecule has 0 aromatic carbocycles. The van der Waals surface area contributed by atoms with Gasteiger partial charge >= 0.3 is 0 Å². The quantitative estimate of drug-likeness (QED) is 0.858. The molecule has 5 nitrogen and oxygen atoms in total. The van der Waals surface area contributed by atoms with Crippen molar-refractivity contribution in [2.75, 3.05) is 19.6 Å². The maximum atomic E-state index is 12.1. The van der Waals surface area contributed by atoms with E-state index < -0.39 is 0 Å². The van der Waals surface area contributed by atoms with Crippen molar-refractivity contribution in [1.29, 1.82) is 0 Å². The lowest BCUT2D eigenvalue weighted by Gasteiger charge is -2.44. The van der Waals surface area contributed by atoms with E-state index in [1.54, 1.807) is 10.7 Å². The molecule has 4 heterocycles. The summed E-state index contributed by atoms with van der Waals surface area (Å²) in [4.78, 5) is 14.6. The van der Waals surface area contributed by atoms with Gasteiger partial charge in [0.25, 0.3) is 5.91 Å². The number of nitrogens with one attached hydrogen (secondary N) is 1. The van der Waals surface area contributed by atoms with Crippen molar-refractivity contribution in [2.24, 2.45) is 5.92 Å². The molecule has 1 N–H and O–H groups in total. The maximum Gasteiger partial charge on any atom is 0.272 e. The van der Waals surface area contributed by atoms with Crippen molar-refractivity contribution < 1.29 is 4.79 Å². The molecule has 1 unspecified atom stereocenters. The number of amides is 1. The summed E-state index contributed by atoms with van der Waals surface area (Å²) in [5.74, 6) is 0.633. The first kappa shape index (κ1) is 11.7. The Morgan fingerprint density at radius 3 is 2.83 bits per heavy atom. The molecule has 0 spiro atoms. The summed E-state index contributed by atoms with van der Waals surface area (Å²) in [5, 5.41) is 7.39. The van der Waals surface area contributed by atoms with E-state index >= 15 is 0 Å². The van der Waals surface area contributed by atoms with Crippen LogP contribution in [0.4, 0.5) is 0 Å². The first-order chi connectivity index (χ1) is 8.76. The van der Waals surface area contributed by atoms with Crippen molar-refractivity contribution in [3.05, 3.63) is 18.0 Å². The summed E-state index contributed by atoms with van der Waals surface area (Å²) in [6, 6.07) is 2.10. The van der Waals surface area contributed by atoms with Gasteiger partial charge in [-0.3, -0.25) is 9.48 Å². The zero-order valence-corrected chi connectivity index (χ0v) is 10.8. The van der Waals surface area contributed by atoms with E-state index in [9.17, 15) is 4.79 Å². The number of piperidine rings is 3. The number of hydrogen-bond acceptors (Lipinski definition) is 3. The molecule has 3 fully saturated rings. The predicted octanol–water partition coefficient (Wildman–Crippen LogP) is 0.727. The SMILES string of the molecule is CCn1ccc(C(=O)NC2CN3CCC2CC3)n1. The summed E-state index contributed by atoms with van der Waals surface area (Å²) < 4.78 is 1.78. The van der Waals surface area contributed by atoms with Crippen LogP contribution in [0.1, 0.15) is 30.3 Å². The molecule has 5 heteroatoms. The minimum atomic E-state index is -0.0269. The van der Waals surface area contributed by atoms with E-state index in [2.05, 4.69) is 15.3 Å². The number of nitrogens with zero attached hydrogens (tertiary/aromatic N) is 3. The molecule has 0 aliphatic carbocycles. The molecule has 0 saturated carbocycles. The molecule has 1 amide bonds. The largest absolute Gasteiger partial charge is 0.346 e. The van der Waals surface area contributed by atoms with E-state index in [1.165, 1.54) is 25.9 Å². The molecule has 1 atom stereocenters. The average molecular weight is 248 g/mol. The highest BCUT2D eigenvalue weighted by Crippen LogP contribution is 2.27. The van der Waals surface area contributed by atoms with E-state index in [1.807, 2.05) is 13.1 Å². The number of rotatable bonds is 3. The minimum Gasteiger partial charge on any atom is -0.346 e. The van der Waals surface area contributed by atoms with Crippen molar-refractivity contribution in [3.63, 3.8) is 0 Å². The maximum absolute atomic E-state index is 12.1. The van der Waals surface area contributed by atoms with Gasteiger partial charge in [0, 0.05) is 25.3 Å². The lowest BCUT2D eigenvalue weighted by Crippen LogP contribution is -2.57. The Morgan fingerprint density at radius 1 is 1.50 bits per heavy atom. The summed E-state index contributed by atoms with van der Waals surface area (Å²) >= 11 is 0. The van der Waals surface area contributed by atoms with Crippen LogP contribution < -0.4 is 5.32 Å². The second-order valence-corrected chi connectivity index (χ2v) is 5.27. The second-order valence-electron chi connectivity index (χ2n) is 5.27. The Balaban J connectivity index is 1.64. The number of aryl methyl sites for hydroxylation is 1. The molecule has 1 aromatic heterocycles. The van der Waals surface area contributed by atoms with Gasteiger partial charge in [-0.1, -0.05) is 0 Å². The van der Waals surface area contributed by atoms with Crippen LogP contribution in [0.3, 0.4) is 0 Å². The van der Waals surface area contributed by atoms with Gasteiger partial charge in [0.1, 0.15) is 5.69 Å². The summed E-state index contributed by atoms with van der Waals surface area (Å²) in [6.07, 6.45) is 4.29. The van der Waals surface area contributed by atoms with Crippen molar-refractivity contribution >= 4 is 5.91 Å². The van der Waals surface area contributed by atoms with Crippen molar-refractivity contribution in [1.82, 2.24) is 20.0 Å². The minimum absolute atomic E-state index is 0.0269. The number of carbonyl (C=O) groups is 1. The van der Waals surface area contributed by atoms with Crippen LogP contribution in [0.2, 0.25) is 0 Å². The zero-order chi connectivity index (χ0) is 12.5. The van der Waals surface area contributed by atoms with Crippen LogP contribution in [0.5, 0.6) is 0 Å². The molecular formula is C13H20N4O. The van der Waals surface area contributed by atoms with Gasteiger partial charge in [-0.15, -0.1) is 0 Å². The Bertz CT molecular complexity index is 434. The van der Waals surface area contributed by atoms with Gasteiger partial charge in [-0.2, -0.15) is 5.10 Å². The molecule has 98 valence electrons. The van der Waals surface area contributed by atoms with Crippen molar-refractivity contribution in [3.8, 4) is 0 Å². The van der Waals surface area contributed by atoms with E-state index in [0.29, 0.717) is 17.7 Å². The number of carbonyl (C=O) groups excluding carboxylic acids is 1. The number of fused-ring (bicyclic) bond motifs is 3. The zero-order valence-electron chi connectivity index (χ0n) is 10.8. The fourth-order valence-corrected chi connectivity index (χ4v) is 3.03. The van der Waals surface area contributed by atoms with E-state index in [4.69, 9.17) is 0 Å². The highest BCUT2D eigenvalue weighted by atomic mass is 16.2. The Labute approximate surface area is 107 Å². The van der Waals surface area contributed by atoms with Gasteiger partial charge in [0.2, 0.25) is 0 Å². The molecule has 2 bridgehead atoms. The van der Waals surface area contributed by atoms with Crippen LogP contribution in [0, 0.1) is 5.92 Å². The number of hydrogen-bond donors (Lipinski definition) is 1. The summed E-state index contributed by atoms with van der Waals surface area (Å²) in [6.45, 7) is 6.21. The van der Waals surface area contributed by atoms with Crippen LogP contribution in [-0.4, -0.2) is 46.3 Å². The first-order valence-corrected chi connectivity index (χ1v) is 6.83. The lowest BCUT2D eigenvalue weighted by atomic mass is 9.84. The lowest BCUT2D eigenvalue weighted by molar-refractivity contribution is 0.0617. The molecule has 3 saturated heterocycles. The van der Waals surface area contributed by atoms with Gasteiger partial charge in [0.15, 0.2) is 0 Å². The molecule has 18 heavy (non-hydrogen) atoms. The third-order valence-electron chi connectivity index (χ3n) is 4.17. The highest BCUT2D eigenvalue weighted by molar-refractivity contribution is 5.92.